The van der Waals surface area contributed by atoms with E-state index < -0.39 is 0 Å². The van der Waals surface area contributed by atoms with Crippen LogP contribution in [0, 0.1) is 0 Å². The zero-order chi connectivity index (χ0) is 13.5. The van der Waals surface area contributed by atoms with E-state index in [0.29, 0.717) is 6.04 Å². The van der Waals surface area contributed by atoms with Crippen LogP contribution in [0.1, 0.15) is 12.5 Å². The first-order valence-electron chi connectivity index (χ1n) is 6.16. The molecule has 0 saturated heterocycles. The fourth-order valence-electron chi connectivity index (χ4n) is 1.60. The summed E-state index contributed by atoms with van der Waals surface area (Å²) >= 11 is 0. The predicted molar refractivity (Wildman–Crippen MR) is 74.4 cm³/mol. The van der Waals surface area contributed by atoms with E-state index in [1.165, 1.54) is 0 Å². The van der Waals surface area contributed by atoms with Gasteiger partial charge in [-0.1, -0.05) is 6.07 Å². The van der Waals surface area contributed by atoms with Crippen molar-refractivity contribution in [3.63, 3.8) is 0 Å². The van der Waals surface area contributed by atoms with Crippen LogP contribution in [0.4, 0.5) is 0 Å². The van der Waals surface area contributed by atoms with Gasteiger partial charge in [0.25, 0.3) is 0 Å². The van der Waals surface area contributed by atoms with Gasteiger partial charge >= 0.3 is 0 Å². The van der Waals surface area contributed by atoms with Crippen LogP contribution >= 0.6 is 0 Å². The van der Waals surface area contributed by atoms with Crippen LogP contribution in [-0.4, -0.2) is 45.8 Å². The number of rotatable bonds is 7. The third-order valence-corrected chi connectivity index (χ3v) is 3.13. The molecule has 4 nitrogen and oxygen atoms in total. The lowest BCUT2D eigenvalue weighted by molar-refractivity contribution is 0.302. The van der Waals surface area contributed by atoms with E-state index in [0.717, 1.165) is 30.2 Å². The molecule has 4 heteroatoms. The summed E-state index contributed by atoms with van der Waals surface area (Å²) in [5.41, 5.74) is 1.14. The van der Waals surface area contributed by atoms with E-state index in [4.69, 9.17) is 9.47 Å². The van der Waals surface area contributed by atoms with Crippen molar-refractivity contribution >= 4 is 0 Å². The fourth-order valence-corrected chi connectivity index (χ4v) is 1.60. The molecule has 0 aromatic heterocycles. The van der Waals surface area contributed by atoms with Gasteiger partial charge in [-0.05, 0) is 27.1 Å². The topological polar surface area (TPSA) is 33.7 Å². The highest BCUT2D eigenvalue weighted by molar-refractivity contribution is 5.40. The van der Waals surface area contributed by atoms with Crippen LogP contribution < -0.4 is 14.8 Å². The molecule has 0 aliphatic heterocycles. The minimum absolute atomic E-state index is 0.509. The van der Waals surface area contributed by atoms with Crippen LogP contribution in [0.15, 0.2) is 18.2 Å². The maximum Gasteiger partial charge on any atom is 0.127 e. The van der Waals surface area contributed by atoms with Crippen LogP contribution in [0.2, 0.25) is 0 Å². The second kappa shape index (κ2) is 7.24. The summed E-state index contributed by atoms with van der Waals surface area (Å²) in [6, 6.07) is 6.40. The molecule has 0 amide bonds. The first kappa shape index (κ1) is 14.8. The lowest BCUT2D eigenvalue weighted by Gasteiger charge is -2.20. The van der Waals surface area contributed by atoms with Gasteiger partial charge < -0.3 is 19.7 Å². The second-order valence-corrected chi connectivity index (χ2v) is 4.62. The molecule has 102 valence electrons. The molecule has 0 spiro atoms. The average molecular weight is 252 g/mol. The molecule has 0 radical (unpaired) electrons. The number of ether oxygens (including phenoxy) is 2. The van der Waals surface area contributed by atoms with Gasteiger partial charge in [0.15, 0.2) is 0 Å². The van der Waals surface area contributed by atoms with Crippen LogP contribution in [-0.2, 0) is 6.54 Å². The summed E-state index contributed by atoms with van der Waals surface area (Å²) < 4.78 is 10.5. The minimum atomic E-state index is 0.509. The van der Waals surface area contributed by atoms with Crippen molar-refractivity contribution in [1.82, 2.24) is 10.2 Å². The number of methoxy groups -OCH3 is 2. The molecule has 1 rings (SSSR count). The lowest BCUT2D eigenvalue weighted by atomic mass is 10.2. The van der Waals surface area contributed by atoms with E-state index in [9.17, 15) is 0 Å². The summed E-state index contributed by atoms with van der Waals surface area (Å²) in [6.45, 7) is 3.94. The molecule has 0 heterocycles. The number of likely N-dealkylation sites (N-methyl/N-ethyl adjacent to an activating group) is 1. The maximum absolute atomic E-state index is 5.36. The quantitative estimate of drug-likeness (QED) is 0.801. The summed E-state index contributed by atoms with van der Waals surface area (Å²) in [5.74, 6) is 1.68. The van der Waals surface area contributed by atoms with E-state index in [1.54, 1.807) is 14.2 Å². The highest BCUT2D eigenvalue weighted by Gasteiger charge is 2.07. The molecule has 1 unspecified atom stereocenters. The Balaban J connectivity index is 2.56. The summed E-state index contributed by atoms with van der Waals surface area (Å²) in [5, 5.41) is 3.43. The Labute approximate surface area is 110 Å². The van der Waals surface area contributed by atoms with Gasteiger partial charge in [0.1, 0.15) is 11.5 Å². The smallest absolute Gasteiger partial charge is 0.127 e. The summed E-state index contributed by atoms with van der Waals surface area (Å²) in [4.78, 5) is 2.19. The largest absolute Gasteiger partial charge is 0.497 e. The van der Waals surface area contributed by atoms with Crippen molar-refractivity contribution < 1.29 is 9.47 Å². The molecule has 1 N–H and O–H groups in total. The summed E-state index contributed by atoms with van der Waals surface area (Å²) in [7, 11) is 7.51. The van der Waals surface area contributed by atoms with Crippen molar-refractivity contribution in [2.24, 2.45) is 0 Å². The molecule has 0 fully saturated rings. The van der Waals surface area contributed by atoms with E-state index >= 15 is 0 Å². The van der Waals surface area contributed by atoms with Gasteiger partial charge in [-0.15, -0.1) is 0 Å². The fraction of sp³-hybridized carbons (Fsp3) is 0.571. The zero-order valence-corrected chi connectivity index (χ0v) is 12.0. The Morgan fingerprint density at radius 1 is 1.22 bits per heavy atom. The third kappa shape index (κ3) is 4.20. The van der Waals surface area contributed by atoms with Gasteiger partial charge in [-0.2, -0.15) is 0 Å². The van der Waals surface area contributed by atoms with Gasteiger partial charge in [0.05, 0.1) is 14.2 Å². The van der Waals surface area contributed by atoms with Gasteiger partial charge in [0.2, 0.25) is 0 Å². The third-order valence-electron chi connectivity index (χ3n) is 3.13. The van der Waals surface area contributed by atoms with Crippen LogP contribution in [0.5, 0.6) is 11.5 Å². The second-order valence-electron chi connectivity index (χ2n) is 4.62. The standard InChI is InChI=1S/C14H24N2O2/c1-11(16(2)3)9-15-10-12-6-7-13(17-4)8-14(12)18-5/h6-8,11,15H,9-10H2,1-5H3. The Bertz CT molecular complexity index is 367. The number of hydrogen-bond donors (Lipinski definition) is 1. The Morgan fingerprint density at radius 3 is 2.50 bits per heavy atom. The highest BCUT2D eigenvalue weighted by Crippen LogP contribution is 2.24. The Hall–Kier alpha value is -1.26. The van der Waals surface area contributed by atoms with Crippen molar-refractivity contribution in [2.75, 3.05) is 34.9 Å². The zero-order valence-electron chi connectivity index (χ0n) is 12.0. The van der Waals surface area contributed by atoms with Crippen LogP contribution in [0.25, 0.3) is 0 Å². The number of nitrogens with one attached hydrogen (secondary N) is 1. The number of benzene rings is 1. The van der Waals surface area contributed by atoms with Crippen molar-refractivity contribution in [3.8, 4) is 11.5 Å². The average Bonchev–Trinajstić information content (AvgIpc) is 2.38. The van der Waals surface area contributed by atoms with Gasteiger partial charge in [0, 0.05) is 30.8 Å². The van der Waals surface area contributed by atoms with Gasteiger partial charge in [-0.3, -0.25) is 0 Å². The van der Waals surface area contributed by atoms with Crippen molar-refractivity contribution in [3.05, 3.63) is 23.8 Å². The molecule has 18 heavy (non-hydrogen) atoms. The maximum atomic E-state index is 5.36. The minimum Gasteiger partial charge on any atom is -0.497 e. The molecule has 0 aliphatic rings. The molecular formula is C14H24N2O2. The van der Waals surface area contributed by atoms with E-state index in [1.807, 2.05) is 18.2 Å². The highest BCUT2D eigenvalue weighted by atomic mass is 16.5. The molecule has 1 aromatic rings. The molecule has 0 aliphatic carbocycles. The summed E-state index contributed by atoms with van der Waals surface area (Å²) in [6.07, 6.45) is 0. The number of hydrogen-bond acceptors (Lipinski definition) is 4. The predicted octanol–water partition coefficient (Wildman–Crippen LogP) is 1.74. The number of nitrogens with zero attached hydrogens (tertiary/aromatic N) is 1. The van der Waals surface area contributed by atoms with Gasteiger partial charge in [-0.25, -0.2) is 0 Å². The first-order valence-corrected chi connectivity index (χ1v) is 6.16. The van der Waals surface area contributed by atoms with Crippen molar-refractivity contribution in [1.29, 1.82) is 0 Å². The molecule has 0 bridgehead atoms. The van der Waals surface area contributed by atoms with E-state index in [-0.39, 0.29) is 0 Å². The molecule has 1 atom stereocenters. The Morgan fingerprint density at radius 2 is 1.94 bits per heavy atom. The molecule has 1 aromatic carbocycles. The monoisotopic (exact) mass is 252 g/mol. The molecular weight excluding hydrogens is 228 g/mol. The normalized spacial score (nSPS) is 12.6. The van der Waals surface area contributed by atoms with Crippen molar-refractivity contribution in [2.45, 2.75) is 19.5 Å². The van der Waals surface area contributed by atoms with E-state index in [2.05, 4.69) is 31.2 Å². The first-order chi connectivity index (χ1) is 8.58. The SMILES string of the molecule is COc1ccc(CNCC(C)N(C)C)c(OC)c1. The molecule has 0 saturated carbocycles. The Kier molecular flexibility index (Phi) is 5.95. The lowest BCUT2D eigenvalue weighted by Crippen LogP contribution is -2.35. The van der Waals surface area contributed by atoms with Crippen LogP contribution in [0.3, 0.4) is 0 Å².